The molecule has 0 aliphatic carbocycles. The van der Waals surface area contributed by atoms with Crippen molar-refractivity contribution in [1.29, 1.82) is 0 Å². The van der Waals surface area contributed by atoms with Gasteiger partial charge in [-0.15, -0.1) is 0 Å². The molecule has 0 spiro atoms. The molecule has 0 saturated carbocycles. The molecule has 2 aliphatic rings. The fraction of sp³-hybridized carbons (Fsp3) is 0.579. The molecule has 142 valence electrons. The Morgan fingerprint density at radius 3 is 2.54 bits per heavy atom. The van der Waals surface area contributed by atoms with E-state index < -0.39 is 0 Å². The minimum atomic E-state index is -0.334. The number of hydrogen-bond donors (Lipinski definition) is 2. The van der Waals surface area contributed by atoms with Crippen LogP contribution in [0, 0.1) is 5.82 Å². The molecule has 2 fully saturated rings. The molecule has 0 aromatic heterocycles. The van der Waals surface area contributed by atoms with Crippen LogP contribution < -0.4 is 10.6 Å². The summed E-state index contributed by atoms with van der Waals surface area (Å²) in [7, 11) is 1.68. The van der Waals surface area contributed by atoms with Gasteiger partial charge in [0.1, 0.15) is 5.82 Å². The highest BCUT2D eigenvalue weighted by atomic mass is 32.1. The van der Waals surface area contributed by atoms with Crippen LogP contribution in [0.5, 0.6) is 0 Å². The zero-order chi connectivity index (χ0) is 18.5. The molecule has 2 bridgehead atoms. The normalized spacial score (nSPS) is 24.8. The van der Waals surface area contributed by atoms with Crippen molar-refractivity contribution >= 4 is 23.2 Å². The maximum Gasteiger partial charge on any atom is 0.251 e. The molecular formula is C19H26FN3O2S. The highest BCUT2D eigenvalue weighted by Gasteiger charge is 2.39. The third kappa shape index (κ3) is 4.51. The summed E-state index contributed by atoms with van der Waals surface area (Å²) in [6, 6.07) is 6.51. The Morgan fingerprint density at radius 2 is 1.92 bits per heavy atom. The number of piperidine rings is 2. The van der Waals surface area contributed by atoms with Crippen LogP contribution in [0.4, 0.5) is 4.39 Å². The van der Waals surface area contributed by atoms with Gasteiger partial charge in [0.2, 0.25) is 0 Å². The number of carbonyl (C=O) groups excluding carboxylic acids is 1. The predicted octanol–water partition coefficient (Wildman–Crippen LogP) is 2.46. The van der Waals surface area contributed by atoms with E-state index in [1.807, 2.05) is 0 Å². The van der Waals surface area contributed by atoms with Crippen LogP contribution in [-0.2, 0) is 4.74 Å². The van der Waals surface area contributed by atoms with Gasteiger partial charge in [-0.2, -0.15) is 0 Å². The first-order valence-corrected chi connectivity index (χ1v) is 9.61. The van der Waals surface area contributed by atoms with Gasteiger partial charge in [0.05, 0.1) is 6.61 Å². The fourth-order valence-corrected chi connectivity index (χ4v) is 4.45. The van der Waals surface area contributed by atoms with Crippen molar-refractivity contribution in [3.05, 3.63) is 35.6 Å². The van der Waals surface area contributed by atoms with Crippen LogP contribution in [-0.4, -0.2) is 54.3 Å². The molecule has 2 saturated heterocycles. The van der Waals surface area contributed by atoms with Crippen molar-refractivity contribution in [2.75, 3.05) is 20.3 Å². The van der Waals surface area contributed by atoms with Crippen molar-refractivity contribution in [1.82, 2.24) is 15.5 Å². The molecule has 1 aromatic rings. The zero-order valence-corrected chi connectivity index (χ0v) is 15.9. The summed E-state index contributed by atoms with van der Waals surface area (Å²) in [4.78, 5) is 14.8. The van der Waals surface area contributed by atoms with Gasteiger partial charge < -0.3 is 20.3 Å². The molecule has 2 N–H and O–H groups in total. The first kappa shape index (κ1) is 19.0. The molecule has 5 nitrogen and oxygen atoms in total. The summed E-state index contributed by atoms with van der Waals surface area (Å²) in [5.41, 5.74) is 0.496. The molecule has 2 aliphatic heterocycles. The molecule has 2 heterocycles. The topological polar surface area (TPSA) is 53.6 Å². The van der Waals surface area contributed by atoms with Crippen LogP contribution >= 0.6 is 12.2 Å². The summed E-state index contributed by atoms with van der Waals surface area (Å²) >= 11 is 5.59. The number of hydrogen-bond acceptors (Lipinski definition) is 3. The van der Waals surface area contributed by atoms with E-state index in [1.165, 1.54) is 30.7 Å². The van der Waals surface area contributed by atoms with Gasteiger partial charge in [0.15, 0.2) is 5.11 Å². The minimum absolute atomic E-state index is 0.126. The van der Waals surface area contributed by atoms with E-state index in [-0.39, 0.29) is 17.8 Å². The van der Waals surface area contributed by atoms with Crippen molar-refractivity contribution in [3.63, 3.8) is 0 Å². The largest absolute Gasteiger partial charge is 0.383 e. The van der Waals surface area contributed by atoms with Crippen molar-refractivity contribution in [2.24, 2.45) is 0 Å². The minimum Gasteiger partial charge on any atom is -0.383 e. The second kappa shape index (κ2) is 8.77. The van der Waals surface area contributed by atoms with Crippen LogP contribution in [0.25, 0.3) is 0 Å². The Hall–Kier alpha value is -1.73. The van der Waals surface area contributed by atoms with Gasteiger partial charge in [-0.05, 0) is 68.6 Å². The van der Waals surface area contributed by atoms with E-state index in [0.717, 1.165) is 30.8 Å². The van der Waals surface area contributed by atoms with E-state index >= 15 is 0 Å². The molecule has 0 radical (unpaired) electrons. The number of carbonyl (C=O) groups is 1. The summed E-state index contributed by atoms with van der Waals surface area (Å²) in [5, 5.41) is 7.19. The second-order valence-electron chi connectivity index (χ2n) is 7.02. The quantitative estimate of drug-likeness (QED) is 0.608. The first-order valence-electron chi connectivity index (χ1n) is 9.20. The number of amides is 1. The number of halogens is 1. The number of nitrogens with zero attached hydrogens (tertiary/aromatic N) is 1. The van der Waals surface area contributed by atoms with E-state index in [9.17, 15) is 9.18 Å². The summed E-state index contributed by atoms with van der Waals surface area (Å²) in [6.07, 6.45) is 5.15. The number of methoxy groups -OCH3 is 1. The van der Waals surface area contributed by atoms with Gasteiger partial charge in [-0.1, -0.05) is 0 Å². The zero-order valence-electron chi connectivity index (χ0n) is 15.0. The molecular weight excluding hydrogens is 353 g/mol. The van der Waals surface area contributed by atoms with Crippen molar-refractivity contribution in [2.45, 2.75) is 50.2 Å². The van der Waals surface area contributed by atoms with Gasteiger partial charge in [0.25, 0.3) is 5.91 Å². The van der Waals surface area contributed by atoms with Gasteiger partial charge in [0, 0.05) is 37.3 Å². The number of fused-ring (bicyclic) bond motifs is 2. The number of ether oxygens (including phenoxy) is 1. The average molecular weight is 380 g/mol. The lowest BCUT2D eigenvalue weighted by Crippen LogP contribution is -2.61. The van der Waals surface area contributed by atoms with Crippen molar-refractivity contribution in [3.8, 4) is 0 Å². The lowest BCUT2D eigenvalue weighted by atomic mass is 9.82. The van der Waals surface area contributed by atoms with E-state index in [2.05, 4.69) is 15.5 Å². The predicted molar refractivity (Wildman–Crippen MR) is 103 cm³/mol. The van der Waals surface area contributed by atoms with Crippen LogP contribution in [0.2, 0.25) is 0 Å². The third-order valence-electron chi connectivity index (χ3n) is 5.23. The highest BCUT2D eigenvalue weighted by molar-refractivity contribution is 7.80. The lowest BCUT2D eigenvalue weighted by Gasteiger charge is -2.50. The smallest absolute Gasteiger partial charge is 0.251 e. The Bertz CT molecular complexity index is 626. The third-order valence-corrected chi connectivity index (χ3v) is 5.59. The molecule has 1 amide bonds. The Morgan fingerprint density at radius 1 is 1.27 bits per heavy atom. The fourth-order valence-electron chi connectivity index (χ4n) is 4.05. The molecule has 3 rings (SSSR count). The van der Waals surface area contributed by atoms with E-state index in [4.69, 9.17) is 17.0 Å². The standard InChI is InChI=1S/C19H26FN3O2S/c1-25-10-9-21-19(26)23-16-3-2-4-17(23)12-15(11-16)22-18(24)13-5-7-14(20)8-6-13/h5-8,15-17H,2-4,9-12H2,1H3,(H,21,26)(H,22,24)/t15?,16-,17+. The first-order chi connectivity index (χ1) is 12.6. The number of rotatable bonds is 5. The number of benzene rings is 1. The van der Waals surface area contributed by atoms with Crippen LogP contribution in [0.3, 0.4) is 0 Å². The van der Waals surface area contributed by atoms with Gasteiger partial charge in [-0.3, -0.25) is 4.79 Å². The second-order valence-corrected chi connectivity index (χ2v) is 7.41. The Balaban J connectivity index is 1.59. The van der Waals surface area contributed by atoms with Crippen molar-refractivity contribution < 1.29 is 13.9 Å². The van der Waals surface area contributed by atoms with Gasteiger partial charge >= 0.3 is 0 Å². The molecule has 1 unspecified atom stereocenters. The number of thiocarbonyl (C=S) groups is 1. The molecule has 26 heavy (non-hydrogen) atoms. The SMILES string of the molecule is COCCNC(=S)N1[C@@H]2CCC[C@H]1CC(NC(=O)c1ccc(F)cc1)C2. The molecule has 7 heteroatoms. The maximum atomic E-state index is 13.0. The summed E-state index contributed by atoms with van der Waals surface area (Å²) < 4.78 is 18.1. The van der Waals surface area contributed by atoms with Gasteiger partial charge in [-0.25, -0.2) is 4.39 Å². The van der Waals surface area contributed by atoms with Crippen LogP contribution in [0.1, 0.15) is 42.5 Å². The summed E-state index contributed by atoms with van der Waals surface area (Å²) in [5.74, 6) is -0.471. The van der Waals surface area contributed by atoms with E-state index in [0.29, 0.717) is 30.8 Å². The summed E-state index contributed by atoms with van der Waals surface area (Å²) in [6.45, 7) is 1.33. The van der Waals surface area contributed by atoms with E-state index in [1.54, 1.807) is 7.11 Å². The highest BCUT2D eigenvalue weighted by Crippen LogP contribution is 2.34. The molecule has 3 atom stereocenters. The Labute approximate surface area is 159 Å². The Kier molecular flexibility index (Phi) is 6.43. The molecule has 1 aromatic carbocycles. The number of nitrogens with one attached hydrogen (secondary N) is 2. The maximum absolute atomic E-state index is 13.0. The van der Waals surface area contributed by atoms with Crippen LogP contribution in [0.15, 0.2) is 24.3 Å². The lowest BCUT2D eigenvalue weighted by molar-refractivity contribution is 0.0737. The average Bonchev–Trinajstić information content (AvgIpc) is 2.61. The monoisotopic (exact) mass is 379 g/mol.